The summed E-state index contributed by atoms with van der Waals surface area (Å²) in [4.78, 5) is 41.5. The summed E-state index contributed by atoms with van der Waals surface area (Å²) < 4.78 is 0.401. The van der Waals surface area contributed by atoms with Gasteiger partial charge in [0.05, 0.1) is 16.2 Å². The number of carbonyl (C=O) groups excluding carboxylic acids is 3. The molecule has 29 heavy (non-hydrogen) atoms. The first-order chi connectivity index (χ1) is 13.9. The number of fused-ring (bicyclic) bond motifs is 1. The van der Waals surface area contributed by atoms with Crippen LogP contribution in [0.5, 0.6) is 0 Å². The number of hydrogen-bond acceptors (Lipinski definition) is 5. The maximum absolute atomic E-state index is 13.2. The molecule has 6 nitrogen and oxygen atoms in total. The van der Waals surface area contributed by atoms with Crippen molar-refractivity contribution in [1.82, 2.24) is 4.90 Å². The van der Waals surface area contributed by atoms with Crippen molar-refractivity contribution in [1.29, 1.82) is 0 Å². The van der Waals surface area contributed by atoms with Crippen LogP contribution >= 0.6 is 24.0 Å². The number of likely N-dealkylation sites (N-methyl/N-ethyl adjacent to an activating group) is 1. The van der Waals surface area contributed by atoms with E-state index in [1.54, 1.807) is 31.3 Å². The number of nitrogens with zero attached hydrogens (tertiary/aromatic N) is 2. The third-order valence-corrected chi connectivity index (χ3v) is 6.39. The summed E-state index contributed by atoms with van der Waals surface area (Å²) in [6.45, 7) is 1.75. The lowest BCUT2D eigenvalue weighted by atomic mass is 10.1. The summed E-state index contributed by atoms with van der Waals surface area (Å²) in [6, 6.07) is 14.6. The van der Waals surface area contributed by atoms with Gasteiger partial charge < -0.3 is 5.32 Å². The summed E-state index contributed by atoms with van der Waals surface area (Å²) >= 11 is 6.31. The van der Waals surface area contributed by atoms with E-state index in [0.29, 0.717) is 31.7 Å². The fraction of sp³-hybridized carbons (Fsp3) is 0.143. The predicted molar refractivity (Wildman–Crippen MR) is 118 cm³/mol. The Morgan fingerprint density at radius 2 is 1.76 bits per heavy atom. The van der Waals surface area contributed by atoms with Crippen LogP contribution in [0.4, 0.5) is 11.4 Å². The Bertz CT molecular complexity index is 1110. The standard InChI is InChI=1S/C21H17N3O3S2/c1-12-7-3-5-9-14(12)22-16(25)11-24-15-10-6-4-8-13(15)17(19(24)26)18-20(27)23(2)21(28)29-18/h3-10H,11H2,1-2H3,(H,22,25)/b18-17-. The Morgan fingerprint density at radius 3 is 2.45 bits per heavy atom. The number of thiocarbonyl (C=S) groups is 1. The van der Waals surface area contributed by atoms with Crippen molar-refractivity contribution in [3.05, 3.63) is 64.6 Å². The third-order valence-electron chi connectivity index (χ3n) is 4.83. The Kier molecular flexibility index (Phi) is 4.97. The van der Waals surface area contributed by atoms with Crippen LogP contribution in [0.25, 0.3) is 5.57 Å². The number of hydrogen-bond donors (Lipinski definition) is 1. The number of para-hydroxylation sites is 2. The summed E-state index contributed by atoms with van der Waals surface area (Å²) in [6.07, 6.45) is 0. The van der Waals surface area contributed by atoms with E-state index in [4.69, 9.17) is 12.2 Å². The molecule has 1 N–H and O–H groups in total. The van der Waals surface area contributed by atoms with Crippen LogP contribution in [-0.2, 0) is 14.4 Å². The number of amides is 3. The molecule has 0 aliphatic carbocycles. The van der Waals surface area contributed by atoms with Gasteiger partial charge in [0.15, 0.2) is 0 Å². The number of anilines is 2. The first-order valence-electron chi connectivity index (χ1n) is 8.89. The normalized spacial score (nSPS) is 18.5. The molecule has 0 atom stereocenters. The van der Waals surface area contributed by atoms with Gasteiger partial charge in [-0.05, 0) is 24.6 Å². The van der Waals surface area contributed by atoms with Gasteiger partial charge in [0.25, 0.3) is 11.8 Å². The average molecular weight is 424 g/mol. The van der Waals surface area contributed by atoms with Crippen LogP contribution in [0.15, 0.2) is 53.4 Å². The summed E-state index contributed by atoms with van der Waals surface area (Å²) in [5.74, 6) is -0.990. The molecule has 1 fully saturated rings. The minimum absolute atomic E-state index is 0.153. The van der Waals surface area contributed by atoms with Crippen LogP contribution in [0, 0.1) is 6.92 Å². The van der Waals surface area contributed by atoms with Gasteiger partial charge in [-0.15, -0.1) is 0 Å². The molecular formula is C21H17N3O3S2. The summed E-state index contributed by atoms with van der Waals surface area (Å²) in [5, 5.41) is 2.85. The maximum Gasteiger partial charge on any atom is 0.266 e. The lowest BCUT2D eigenvalue weighted by Gasteiger charge is -2.17. The monoisotopic (exact) mass is 423 g/mol. The van der Waals surface area contributed by atoms with Crippen molar-refractivity contribution in [2.75, 3.05) is 23.8 Å². The topological polar surface area (TPSA) is 69.7 Å². The van der Waals surface area contributed by atoms with Crippen LogP contribution in [-0.4, -0.2) is 40.5 Å². The fourth-order valence-corrected chi connectivity index (χ4v) is 4.55. The number of nitrogens with one attached hydrogen (secondary N) is 1. The zero-order valence-electron chi connectivity index (χ0n) is 15.8. The van der Waals surface area contributed by atoms with Crippen LogP contribution in [0.2, 0.25) is 0 Å². The van der Waals surface area contributed by atoms with E-state index in [1.165, 1.54) is 9.80 Å². The average Bonchev–Trinajstić information content (AvgIpc) is 3.11. The highest BCUT2D eigenvalue weighted by molar-refractivity contribution is 8.26. The SMILES string of the molecule is Cc1ccccc1NC(=O)CN1C(=O)/C(=C2\SC(=S)N(C)C2=O)c2ccccc21. The highest BCUT2D eigenvalue weighted by atomic mass is 32.2. The molecule has 0 radical (unpaired) electrons. The van der Waals surface area contributed by atoms with E-state index in [0.717, 1.165) is 17.3 Å². The molecular weight excluding hydrogens is 406 g/mol. The second kappa shape index (κ2) is 7.46. The van der Waals surface area contributed by atoms with Gasteiger partial charge in [-0.3, -0.25) is 24.2 Å². The quantitative estimate of drug-likeness (QED) is 0.607. The molecule has 2 aromatic rings. The van der Waals surface area contributed by atoms with E-state index >= 15 is 0 Å². The van der Waals surface area contributed by atoms with Crippen molar-refractivity contribution >= 4 is 63.0 Å². The third kappa shape index (κ3) is 3.34. The molecule has 2 aliphatic rings. The molecule has 146 valence electrons. The second-order valence-electron chi connectivity index (χ2n) is 6.71. The molecule has 2 heterocycles. The second-order valence-corrected chi connectivity index (χ2v) is 8.35. The van der Waals surface area contributed by atoms with E-state index in [-0.39, 0.29) is 24.3 Å². The van der Waals surface area contributed by atoms with Crippen LogP contribution < -0.4 is 10.2 Å². The van der Waals surface area contributed by atoms with E-state index in [2.05, 4.69) is 5.32 Å². The molecule has 8 heteroatoms. The van der Waals surface area contributed by atoms with E-state index < -0.39 is 0 Å². The van der Waals surface area contributed by atoms with Crippen molar-refractivity contribution in [3.8, 4) is 0 Å². The minimum Gasteiger partial charge on any atom is -0.324 e. The zero-order chi connectivity index (χ0) is 20.7. The molecule has 2 aromatic carbocycles. The van der Waals surface area contributed by atoms with Gasteiger partial charge >= 0.3 is 0 Å². The number of aryl methyl sites for hydroxylation is 1. The van der Waals surface area contributed by atoms with Gasteiger partial charge in [0, 0.05) is 18.3 Å². The lowest BCUT2D eigenvalue weighted by molar-refractivity contribution is -0.121. The fourth-order valence-electron chi connectivity index (χ4n) is 3.30. The highest BCUT2D eigenvalue weighted by Crippen LogP contribution is 2.44. The first kappa shape index (κ1) is 19.4. The first-order valence-corrected chi connectivity index (χ1v) is 10.1. The number of benzene rings is 2. The van der Waals surface area contributed by atoms with Gasteiger partial charge in [0.2, 0.25) is 5.91 Å². The lowest BCUT2D eigenvalue weighted by Crippen LogP contribution is -2.35. The van der Waals surface area contributed by atoms with Crippen LogP contribution in [0.1, 0.15) is 11.1 Å². The molecule has 0 aromatic heterocycles. The smallest absolute Gasteiger partial charge is 0.266 e. The van der Waals surface area contributed by atoms with Crippen molar-refractivity contribution < 1.29 is 14.4 Å². The number of carbonyl (C=O) groups is 3. The predicted octanol–water partition coefficient (Wildman–Crippen LogP) is 3.18. The Morgan fingerprint density at radius 1 is 1.07 bits per heavy atom. The van der Waals surface area contributed by atoms with Gasteiger partial charge in [-0.25, -0.2) is 0 Å². The summed E-state index contributed by atoms with van der Waals surface area (Å²) in [7, 11) is 1.59. The van der Waals surface area contributed by atoms with Gasteiger partial charge in [-0.1, -0.05) is 60.4 Å². The number of thioether (sulfide) groups is 1. The Labute approximate surface area is 177 Å². The largest absolute Gasteiger partial charge is 0.324 e. The van der Waals surface area contributed by atoms with Crippen LogP contribution in [0.3, 0.4) is 0 Å². The van der Waals surface area contributed by atoms with Gasteiger partial charge in [-0.2, -0.15) is 0 Å². The molecule has 0 saturated carbocycles. The number of rotatable bonds is 3. The van der Waals surface area contributed by atoms with Crippen molar-refractivity contribution in [2.24, 2.45) is 0 Å². The highest BCUT2D eigenvalue weighted by Gasteiger charge is 2.41. The molecule has 1 saturated heterocycles. The molecule has 4 rings (SSSR count). The van der Waals surface area contributed by atoms with Gasteiger partial charge in [0.1, 0.15) is 10.9 Å². The molecule has 0 spiro atoms. The zero-order valence-corrected chi connectivity index (χ0v) is 17.4. The molecule has 0 bridgehead atoms. The van der Waals surface area contributed by atoms with Crippen molar-refractivity contribution in [3.63, 3.8) is 0 Å². The summed E-state index contributed by atoms with van der Waals surface area (Å²) in [5.41, 5.74) is 3.17. The maximum atomic E-state index is 13.2. The Balaban J connectivity index is 1.67. The Hall–Kier alpha value is -2.97. The van der Waals surface area contributed by atoms with E-state index in [1.807, 2.05) is 31.2 Å². The molecule has 2 aliphatic heterocycles. The molecule has 0 unspecified atom stereocenters. The minimum atomic E-state index is -0.375. The van der Waals surface area contributed by atoms with Crippen molar-refractivity contribution in [2.45, 2.75) is 6.92 Å². The molecule has 3 amide bonds. The van der Waals surface area contributed by atoms with E-state index in [9.17, 15) is 14.4 Å².